The maximum atomic E-state index is 14.1. The molecule has 19 nitrogen and oxygen atoms in total. The van der Waals surface area contributed by atoms with Crippen LogP contribution in [0.15, 0.2) is 28.7 Å². The van der Waals surface area contributed by atoms with Gasteiger partial charge in [0.15, 0.2) is 17.1 Å². The zero-order valence-electron chi connectivity index (χ0n) is 34.6. The van der Waals surface area contributed by atoms with Crippen molar-refractivity contribution in [3.63, 3.8) is 0 Å². The van der Waals surface area contributed by atoms with E-state index in [1.807, 2.05) is 20.8 Å². The number of esters is 3. The van der Waals surface area contributed by atoms with E-state index in [0.29, 0.717) is 5.69 Å². The van der Waals surface area contributed by atoms with Crippen molar-refractivity contribution < 1.29 is 67.8 Å². The first-order chi connectivity index (χ1) is 26.8. The van der Waals surface area contributed by atoms with E-state index in [9.17, 15) is 44.1 Å². The Morgan fingerprint density at radius 1 is 0.897 bits per heavy atom. The van der Waals surface area contributed by atoms with Crippen molar-refractivity contribution in [3.8, 4) is 5.75 Å². The van der Waals surface area contributed by atoms with Crippen molar-refractivity contribution in [3.05, 3.63) is 39.9 Å². The number of fused-ring (bicyclic) bond motifs is 4. The van der Waals surface area contributed by atoms with Crippen LogP contribution >= 0.6 is 0 Å². The number of hydrogen-bond donors (Lipinski definition) is 6. The minimum absolute atomic E-state index is 0.0500. The quantitative estimate of drug-likeness (QED) is 0.109. The molecule has 3 amide bonds. The number of carbonyl (C=O) groups is 6. The molecule has 6 N–H and O–H groups in total. The minimum Gasteiger partial charge on any atom is -0.429 e. The molecule has 0 radical (unpaired) electrons. The third kappa shape index (κ3) is 7.74. The highest BCUT2D eigenvalue weighted by Crippen LogP contribution is 2.63. The minimum atomic E-state index is -3.25. The zero-order chi connectivity index (χ0) is 43.4. The maximum absolute atomic E-state index is 14.1. The number of benzene rings is 1. The summed E-state index contributed by atoms with van der Waals surface area (Å²) in [5.74, 6) is -15.0. The van der Waals surface area contributed by atoms with Crippen LogP contribution in [0.1, 0.15) is 66.0 Å². The summed E-state index contributed by atoms with van der Waals surface area (Å²) in [5, 5.41) is 46.8. The van der Waals surface area contributed by atoms with E-state index in [4.69, 9.17) is 23.7 Å². The lowest BCUT2D eigenvalue weighted by Gasteiger charge is -2.59. The predicted octanol–water partition coefficient (Wildman–Crippen LogP) is 0.0492. The number of nitrogens with zero attached hydrogens (tertiary/aromatic N) is 2. The first-order valence-corrected chi connectivity index (χ1v) is 18.7. The first kappa shape index (κ1) is 44.3. The summed E-state index contributed by atoms with van der Waals surface area (Å²) in [6, 6.07) is 0.327. The molecule has 1 heterocycles. The first-order valence-electron chi connectivity index (χ1n) is 18.7. The summed E-state index contributed by atoms with van der Waals surface area (Å²) >= 11 is 0. The summed E-state index contributed by atoms with van der Waals surface area (Å²) in [5.41, 5.74) is -4.21. The van der Waals surface area contributed by atoms with Gasteiger partial charge in [-0.25, -0.2) is 0 Å². The molecule has 0 unspecified atom stereocenters. The van der Waals surface area contributed by atoms with Gasteiger partial charge in [-0.2, -0.15) is 0 Å². The maximum Gasteiger partial charge on any atom is 0.308 e. The van der Waals surface area contributed by atoms with Crippen LogP contribution in [-0.2, 0) is 59.9 Å². The molecule has 318 valence electrons. The van der Waals surface area contributed by atoms with Crippen molar-refractivity contribution in [1.82, 2.24) is 15.5 Å². The second-order valence-electron chi connectivity index (χ2n) is 16.3. The topological polar surface area (TPSA) is 252 Å². The Balaban J connectivity index is 1.90. The average Bonchev–Trinajstić information content (AvgIpc) is 3.55. The summed E-state index contributed by atoms with van der Waals surface area (Å²) < 4.78 is 29.5. The van der Waals surface area contributed by atoms with Crippen molar-refractivity contribution in [2.75, 3.05) is 58.2 Å². The van der Waals surface area contributed by atoms with Gasteiger partial charge < -0.3 is 54.5 Å². The summed E-state index contributed by atoms with van der Waals surface area (Å²) in [4.78, 5) is 81.6. The second kappa shape index (κ2) is 15.8. The van der Waals surface area contributed by atoms with Gasteiger partial charge >= 0.3 is 17.9 Å². The van der Waals surface area contributed by atoms with E-state index in [-0.39, 0.29) is 49.6 Å². The van der Waals surface area contributed by atoms with Gasteiger partial charge in [0.1, 0.15) is 11.3 Å². The van der Waals surface area contributed by atoms with E-state index in [0.717, 1.165) is 27.7 Å². The van der Waals surface area contributed by atoms with Crippen LogP contribution in [0.3, 0.4) is 0 Å². The summed E-state index contributed by atoms with van der Waals surface area (Å²) in [7, 11) is 6.53. The number of aliphatic hydroxyl groups is 3. The van der Waals surface area contributed by atoms with Gasteiger partial charge in [-0.05, 0) is 65.3 Å². The molecule has 1 fully saturated rings. The Labute approximate surface area is 335 Å². The predicted molar refractivity (Wildman–Crippen MR) is 203 cm³/mol. The average molecular weight is 816 g/mol. The van der Waals surface area contributed by atoms with Crippen LogP contribution in [0.4, 0.5) is 11.4 Å². The van der Waals surface area contributed by atoms with Crippen LogP contribution in [0.5, 0.6) is 5.75 Å². The highest BCUT2D eigenvalue weighted by atomic mass is 16.8. The molecular formula is C39H53N5O14. The molecule has 1 aromatic rings. The lowest BCUT2D eigenvalue weighted by Crippen LogP contribution is -2.73. The fraction of sp³-hybridized carbons (Fsp3) is 0.590. The zero-order valence-corrected chi connectivity index (χ0v) is 34.6. The van der Waals surface area contributed by atoms with Crippen molar-refractivity contribution in [2.45, 2.75) is 90.1 Å². The molecular weight excluding hydrogens is 762 g/mol. The molecule has 1 spiro atoms. The molecule has 1 saturated heterocycles. The lowest BCUT2D eigenvalue weighted by molar-refractivity contribution is -0.283. The molecule has 1 aromatic carbocycles. The number of carbonyl (C=O) groups excluding carboxylic acids is 6. The molecule has 5 rings (SSSR count). The number of likely N-dealkylation sites (N-methyl/N-ethyl adjacent to an activating group) is 1. The fourth-order valence-corrected chi connectivity index (χ4v) is 8.54. The second-order valence-corrected chi connectivity index (χ2v) is 16.3. The van der Waals surface area contributed by atoms with Gasteiger partial charge in [0.05, 0.1) is 37.1 Å². The van der Waals surface area contributed by atoms with Gasteiger partial charge in [0, 0.05) is 64.5 Å². The highest BCUT2D eigenvalue weighted by molar-refractivity contribution is 6.06. The monoisotopic (exact) mass is 815 g/mol. The SMILES string of the molecule is CC(=O)NC(=O)C1=C(OC(C)=O)[C@@H](N(C)C)[C@@H]2C[C@@H]3Cc4c(N(C)C)cc(NC(=O)CNC(C)(C)C)c(OC(C)=O)c4C(O)(O)C3=C(OC(C)=O)[C@]2(O)C12OCCO2. The Hall–Kier alpha value is -4.76. The van der Waals surface area contributed by atoms with Gasteiger partial charge in [0.25, 0.3) is 5.91 Å². The molecule has 0 bridgehead atoms. The normalized spacial score (nSPS) is 24.4. The summed E-state index contributed by atoms with van der Waals surface area (Å²) in [6.07, 6.45) is -0.221. The number of rotatable bonds is 9. The van der Waals surface area contributed by atoms with Crippen molar-refractivity contribution >= 4 is 47.0 Å². The molecule has 58 heavy (non-hydrogen) atoms. The smallest absolute Gasteiger partial charge is 0.308 e. The molecule has 4 aliphatic rings. The highest BCUT2D eigenvalue weighted by Gasteiger charge is 2.75. The standard InChI is InChI=1S/C39H53N5O14/c1-18(45)41-35(50)30-33(57-20(3)47)31(44(10)11)24-15-22-14-23-26(43(8)9)16-25(42-27(49)17-40-36(5,6)7)32(56-19(2)46)29(23)38(52,53)28(22)34(58-21(4)48)37(24,51)39(30)54-12-13-55-39/h16,22,24,31,40,51-53H,12-15,17H2,1-11H3,(H,42,49)(H,41,45,50)/t22-,24-,31-,37-/m0/s1. The Morgan fingerprint density at radius 3 is 1.98 bits per heavy atom. The molecule has 4 atom stereocenters. The van der Waals surface area contributed by atoms with E-state index >= 15 is 0 Å². The molecule has 3 aliphatic carbocycles. The molecule has 1 aliphatic heterocycles. The van der Waals surface area contributed by atoms with Crippen LogP contribution in [-0.4, -0.2) is 127 Å². The Kier molecular flexibility index (Phi) is 12.1. The fourth-order valence-electron chi connectivity index (χ4n) is 8.54. The van der Waals surface area contributed by atoms with E-state index < -0.39 is 104 Å². The largest absolute Gasteiger partial charge is 0.429 e. The van der Waals surface area contributed by atoms with E-state index in [2.05, 4.69) is 16.0 Å². The van der Waals surface area contributed by atoms with Crippen molar-refractivity contribution in [1.29, 1.82) is 0 Å². The number of nitrogens with one attached hydrogen (secondary N) is 3. The number of imide groups is 1. The number of amides is 3. The van der Waals surface area contributed by atoms with Crippen molar-refractivity contribution in [2.24, 2.45) is 11.8 Å². The molecule has 19 heteroatoms. The number of anilines is 2. The van der Waals surface area contributed by atoms with Crippen LogP contribution in [0.25, 0.3) is 0 Å². The number of ether oxygens (including phenoxy) is 5. The van der Waals surface area contributed by atoms with E-state index in [1.165, 1.54) is 6.07 Å². The van der Waals surface area contributed by atoms with Crippen LogP contribution < -0.4 is 25.6 Å². The van der Waals surface area contributed by atoms with Crippen LogP contribution in [0, 0.1) is 11.8 Å². The van der Waals surface area contributed by atoms with Gasteiger partial charge in [0.2, 0.25) is 23.4 Å². The Morgan fingerprint density at radius 2 is 1.48 bits per heavy atom. The van der Waals surface area contributed by atoms with Gasteiger partial charge in [-0.3, -0.25) is 39.0 Å². The summed E-state index contributed by atoms with van der Waals surface area (Å²) in [6.45, 7) is 9.12. The van der Waals surface area contributed by atoms with Crippen LogP contribution in [0.2, 0.25) is 0 Å². The third-order valence-corrected chi connectivity index (χ3v) is 10.4. The van der Waals surface area contributed by atoms with Gasteiger partial charge in [-0.15, -0.1) is 0 Å². The molecule has 0 aromatic heterocycles. The lowest BCUT2D eigenvalue weighted by atomic mass is 9.55. The van der Waals surface area contributed by atoms with E-state index in [1.54, 1.807) is 38.0 Å². The Bertz CT molecular complexity index is 1990. The number of hydrogen-bond acceptors (Lipinski definition) is 17. The molecule has 0 saturated carbocycles. The van der Waals surface area contributed by atoms with Gasteiger partial charge in [-0.1, -0.05) is 0 Å². The third-order valence-electron chi connectivity index (χ3n) is 10.4.